The lowest BCUT2D eigenvalue weighted by Crippen LogP contribution is -2.53. The van der Waals surface area contributed by atoms with Gasteiger partial charge in [-0.3, -0.25) is 14.7 Å². The molecule has 2 aliphatic heterocycles. The summed E-state index contributed by atoms with van der Waals surface area (Å²) in [6.45, 7) is 6.57. The molecule has 0 spiro atoms. The maximum absolute atomic E-state index is 12.5. The number of carbonyl (C=O) groups excluding carboxylic acids is 1. The number of aromatic amines is 1. The van der Waals surface area contributed by atoms with Gasteiger partial charge in [-0.15, -0.1) is 0 Å². The number of guanidine groups is 1. The molecule has 0 unspecified atom stereocenters. The predicted octanol–water partition coefficient (Wildman–Crippen LogP) is 1.62. The van der Waals surface area contributed by atoms with Gasteiger partial charge in [0.2, 0.25) is 0 Å². The summed E-state index contributed by atoms with van der Waals surface area (Å²) in [5, 5.41) is 3.38. The van der Waals surface area contributed by atoms with E-state index in [-0.39, 0.29) is 5.78 Å². The van der Waals surface area contributed by atoms with E-state index in [0.717, 1.165) is 69.6 Å². The van der Waals surface area contributed by atoms with Gasteiger partial charge < -0.3 is 15.2 Å². The number of ketones is 1. The molecule has 27 heavy (non-hydrogen) atoms. The topological polar surface area (TPSA) is 76.6 Å². The first kappa shape index (κ1) is 17.7. The molecule has 1 aromatic heterocycles. The van der Waals surface area contributed by atoms with Gasteiger partial charge in [0.05, 0.1) is 6.20 Å². The van der Waals surface area contributed by atoms with Crippen LogP contribution in [0.15, 0.2) is 41.5 Å². The monoisotopic (exact) mass is 366 g/mol. The summed E-state index contributed by atoms with van der Waals surface area (Å²) in [6.07, 6.45) is 3.27. The minimum atomic E-state index is 0.116. The average molecular weight is 366 g/mol. The number of rotatable bonds is 5. The van der Waals surface area contributed by atoms with Gasteiger partial charge in [0.1, 0.15) is 11.5 Å². The second-order valence-electron chi connectivity index (χ2n) is 7.00. The first-order valence-electron chi connectivity index (χ1n) is 9.69. The molecule has 0 saturated carbocycles. The molecule has 1 aromatic carbocycles. The molecule has 2 N–H and O–H groups in total. The standard InChI is InChI=1S/C20H26N6O/c27-18(17-15-23-19(24-17)16-5-2-1-3-6-16)7-10-25-11-13-26(14-12-25)20-21-8-4-9-22-20/h1-3,5-6,15H,4,7-14H2,(H,21,22)(H,23,24). The van der Waals surface area contributed by atoms with E-state index in [1.807, 2.05) is 30.3 Å². The minimum absolute atomic E-state index is 0.116. The van der Waals surface area contributed by atoms with E-state index in [2.05, 4.69) is 30.1 Å². The SMILES string of the molecule is O=C(CCN1CCN(C2=NCCCN2)CC1)c1cnc(-c2ccccc2)[nH]1. The van der Waals surface area contributed by atoms with Gasteiger partial charge in [0, 0.05) is 57.8 Å². The molecule has 0 bridgehead atoms. The Bertz CT molecular complexity index is 792. The minimum Gasteiger partial charge on any atom is -0.356 e. The number of H-pyrrole nitrogens is 1. The fourth-order valence-corrected chi connectivity index (χ4v) is 3.52. The maximum atomic E-state index is 12.5. The molecular formula is C20H26N6O. The van der Waals surface area contributed by atoms with Crippen LogP contribution in [0, 0.1) is 0 Å². The third-order valence-corrected chi connectivity index (χ3v) is 5.13. The average Bonchev–Trinajstić information content (AvgIpc) is 3.24. The van der Waals surface area contributed by atoms with E-state index in [1.54, 1.807) is 6.20 Å². The molecule has 1 fully saturated rings. The molecule has 142 valence electrons. The van der Waals surface area contributed by atoms with E-state index in [9.17, 15) is 4.79 Å². The Morgan fingerprint density at radius 2 is 1.93 bits per heavy atom. The van der Waals surface area contributed by atoms with E-state index < -0.39 is 0 Å². The molecule has 2 aliphatic rings. The van der Waals surface area contributed by atoms with E-state index in [0.29, 0.717) is 12.1 Å². The largest absolute Gasteiger partial charge is 0.356 e. The second-order valence-corrected chi connectivity index (χ2v) is 7.00. The van der Waals surface area contributed by atoms with Gasteiger partial charge in [-0.1, -0.05) is 30.3 Å². The van der Waals surface area contributed by atoms with Crippen molar-refractivity contribution in [2.45, 2.75) is 12.8 Å². The normalized spacial score (nSPS) is 18.1. The van der Waals surface area contributed by atoms with Crippen LogP contribution >= 0.6 is 0 Å². The predicted molar refractivity (Wildman–Crippen MR) is 106 cm³/mol. The molecule has 4 rings (SSSR count). The van der Waals surface area contributed by atoms with Gasteiger partial charge in [0.25, 0.3) is 0 Å². The zero-order chi connectivity index (χ0) is 18.5. The van der Waals surface area contributed by atoms with Gasteiger partial charge in [0.15, 0.2) is 11.7 Å². The first-order valence-corrected chi connectivity index (χ1v) is 9.69. The van der Waals surface area contributed by atoms with Crippen molar-refractivity contribution >= 4 is 11.7 Å². The van der Waals surface area contributed by atoms with E-state index >= 15 is 0 Å². The molecule has 2 aromatic rings. The highest BCUT2D eigenvalue weighted by atomic mass is 16.1. The lowest BCUT2D eigenvalue weighted by molar-refractivity contribution is 0.0946. The summed E-state index contributed by atoms with van der Waals surface area (Å²) in [4.78, 5) is 29.2. The van der Waals surface area contributed by atoms with Crippen LogP contribution in [0.25, 0.3) is 11.4 Å². The lowest BCUT2D eigenvalue weighted by atomic mass is 10.2. The van der Waals surface area contributed by atoms with Gasteiger partial charge >= 0.3 is 0 Å². The Kier molecular flexibility index (Phi) is 5.48. The maximum Gasteiger partial charge on any atom is 0.194 e. The van der Waals surface area contributed by atoms with Crippen LogP contribution in [0.4, 0.5) is 0 Å². The number of aliphatic imine (C=N–C) groups is 1. The molecule has 0 amide bonds. The third kappa shape index (κ3) is 4.36. The van der Waals surface area contributed by atoms with Crippen LogP contribution in [0.1, 0.15) is 23.3 Å². The molecule has 3 heterocycles. The summed E-state index contributed by atoms with van der Waals surface area (Å²) in [5.41, 5.74) is 1.58. The summed E-state index contributed by atoms with van der Waals surface area (Å²) in [5.74, 6) is 1.90. The van der Waals surface area contributed by atoms with Gasteiger partial charge in [-0.05, 0) is 6.42 Å². The Morgan fingerprint density at radius 3 is 2.67 bits per heavy atom. The number of aromatic nitrogens is 2. The number of imidazole rings is 1. The lowest BCUT2D eigenvalue weighted by Gasteiger charge is -2.37. The zero-order valence-electron chi connectivity index (χ0n) is 15.5. The highest BCUT2D eigenvalue weighted by Crippen LogP contribution is 2.15. The van der Waals surface area contributed by atoms with Crippen molar-refractivity contribution in [3.05, 3.63) is 42.2 Å². The molecule has 7 heteroatoms. The molecule has 7 nitrogen and oxygen atoms in total. The van der Waals surface area contributed by atoms with Crippen molar-refractivity contribution in [1.29, 1.82) is 0 Å². The Morgan fingerprint density at radius 1 is 1.11 bits per heavy atom. The van der Waals surface area contributed by atoms with Gasteiger partial charge in [-0.2, -0.15) is 0 Å². The summed E-state index contributed by atoms with van der Waals surface area (Å²) >= 11 is 0. The first-order chi connectivity index (χ1) is 13.3. The summed E-state index contributed by atoms with van der Waals surface area (Å²) < 4.78 is 0. The number of Topliss-reactive ketones (excluding diaryl/α,β-unsaturated/α-hetero) is 1. The van der Waals surface area contributed by atoms with E-state index in [1.165, 1.54) is 0 Å². The number of hydrogen-bond acceptors (Lipinski definition) is 6. The Labute approximate surface area is 159 Å². The molecule has 1 saturated heterocycles. The second kappa shape index (κ2) is 8.35. The number of nitrogens with one attached hydrogen (secondary N) is 2. The van der Waals surface area contributed by atoms with Crippen LogP contribution in [-0.4, -0.2) is 77.3 Å². The smallest absolute Gasteiger partial charge is 0.194 e. The number of benzene rings is 1. The van der Waals surface area contributed by atoms with E-state index in [4.69, 9.17) is 0 Å². The molecule has 0 aliphatic carbocycles. The van der Waals surface area contributed by atoms with Crippen LogP contribution in [0.5, 0.6) is 0 Å². The number of nitrogens with zero attached hydrogens (tertiary/aromatic N) is 4. The highest BCUT2D eigenvalue weighted by molar-refractivity contribution is 5.94. The third-order valence-electron chi connectivity index (χ3n) is 5.13. The summed E-state index contributed by atoms with van der Waals surface area (Å²) in [6, 6.07) is 9.87. The van der Waals surface area contributed by atoms with Crippen molar-refractivity contribution in [2.24, 2.45) is 4.99 Å². The molecule has 0 radical (unpaired) electrons. The van der Waals surface area contributed by atoms with Crippen LogP contribution in [0.3, 0.4) is 0 Å². The van der Waals surface area contributed by atoms with Gasteiger partial charge in [-0.25, -0.2) is 4.98 Å². The Hall–Kier alpha value is -2.67. The quantitative estimate of drug-likeness (QED) is 0.787. The van der Waals surface area contributed by atoms with Crippen molar-refractivity contribution < 1.29 is 4.79 Å². The van der Waals surface area contributed by atoms with Crippen molar-refractivity contribution in [1.82, 2.24) is 25.1 Å². The Balaban J connectivity index is 1.25. The fourth-order valence-electron chi connectivity index (χ4n) is 3.52. The molecule has 0 atom stereocenters. The summed E-state index contributed by atoms with van der Waals surface area (Å²) in [7, 11) is 0. The zero-order valence-corrected chi connectivity index (χ0v) is 15.5. The van der Waals surface area contributed by atoms with Crippen molar-refractivity contribution in [2.75, 3.05) is 45.8 Å². The van der Waals surface area contributed by atoms with Crippen molar-refractivity contribution in [3.63, 3.8) is 0 Å². The number of hydrogen-bond donors (Lipinski definition) is 2. The highest BCUT2D eigenvalue weighted by Gasteiger charge is 2.21. The van der Waals surface area contributed by atoms with Crippen molar-refractivity contribution in [3.8, 4) is 11.4 Å². The van der Waals surface area contributed by atoms with Crippen LogP contribution in [0.2, 0.25) is 0 Å². The number of piperazine rings is 1. The number of carbonyl (C=O) groups is 1. The van der Waals surface area contributed by atoms with Crippen LogP contribution < -0.4 is 5.32 Å². The fraction of sp³-hybridized carbons (Fsp3) is 0.450. The molecular weight excluding hydrogens is 340 g/mol. The van der Waals surface area contributed by atoms with Crippen LogP contribution in [-0.2, 0) is 0 Å².